The molecule has 0 spiro atoms. The lowest BCUT2D eigenvalue weighted by Crippen LogP contribution is -2.24. The van der Waals surface area contributed by atoms with Crippen LogP contribution in [0.4, 0.5) is 11.4 Å². The van der Waals surface area contributed by atoms with Gasteiger partial charge in [0.1, 0.15) is 6.33 Å². The average molecular weight is 321 g/mol. The summed E-state index contributed by atoms with van der Waals surface area (Å²) in [6.07, 6.45) is 2.19. The van der Waals surface area contributed by atoms with Gasteiger partial charge in [0.25, 0.3) is 5.69 Å². The number of non-ortho nitro benzene ring substituents is 1. The number of rotatable bonds is 6. The Kier molecular flexibility index (Phi) is 5.10. The molecule has 0 fully saturated rings. The third kappa shape index (κ3) is 3.82. The van der Waals surface area contributed by atoms with E-state index < -0.39 is 4.92 Å². The van der Waals surface area contributed by atoms with E-state index in [4.69, 9.17) is 0 Å². The van der Waals surface area contributed by atoms with Gasteiger partial charge in [0.05, 0.1) is 10.2 Å². The van der Waals surface area contributed by atoms with Crippen molar-refractivity contribution in [1.82, 2.24) is 14.8 Å². The Bertz CT molecular complexity index is 671. The molecule has 1 heterocycles. The molecular weight excluding hydrogens is 306 g/mol. The molecule has 8 nitrogen and oxygen atoms in total. The summed E-state index contributed by atoms with van der Waals surface area (Å²) in [5.74, 6) is -0.177. The highest BCUT2D eigenvalue weighted by atomic mass is 32.2. The lowest BCUT2D eigenvalue weighted by atomic mass is 10.2. The number of nitro benzene ring substituents is 1. The molecule has 1 amide bonds. The molecule has 2 rings (SSSR count). The molecule has 1 unspecified atom stereocenters. The molecule has 22 heavy (non-hydrogen) atoms. The predicted octanol–water partition coefficient (Wildman–Crippen LogP) is 2.23. The fourth-order valence-corrected chi connectivity index (χ4v) is 2.61. The fraction of sp³-hybridized carbons (Fsp3) is 0.308. The van der Waals surface area contributed by atoms with Crippen LogP contribution in [0.25, 0.3) is 0 Å². The molecule has 1 atom stereocenters. The van der Waals surface area contributed by atoms with Crippen LogP contribution in [0.5, 0.6) is 0 Å². The highest BCUT2D eigenvalue weighted by Crippen LogP contribution is 2.24. The van der Waals surface area contributed by atoms with Crippen molar-refractivity contribution in [3.05, 3.63) is 40.7 Å². The summed E-state index contributed by atoms with van der Waals surface area (Å²) in [6.45, 7) is 1.91. The molecule has 0 aliphatic heterocycles. The van der Waals surface area contributed by atoms with Crippen molar-refractivity contribution >= 4 is 29.0 Å². The van der Waals surface area contributed by atoms with Gasteiger partial charge in [0.15, 0.2) is 5.16 Å². The topological polar surface area (TPSA) is 103 Å². The molecule has 0 aliphatic carbocycles. The number of aromatic nitrogens is 3. The molecule has 0 saturated heterocycles. The normalized spacial score (nSPS) is 11.9. The van der Waals surface area contributed by atoms with Gasteiger partial charge < -0.3 is 9.88 Å². The van der Waals surface area contributed by atoms with Gasteiger partial charge in [0.2, 0.25) is 5.91 Å². The largest absolute Gasteiger partial charge is 0.325 e. The minimum Gasteiger partial charge on any atom is -0.325 e. The third-order valence-corrected chi connectivity index (χ3v) is 4.34. The zero-order valence-corrected chi connectivity index (χ0v) is 12.9. The Morgan fingerprint density at radius 2 is 2.14 bits per heavy atom. The number of carbonyl (C=O) groups excluding carboxylic acids is 1. The van der Waals surface area contributed by atoms with Gasteiger partial charge in [-0.25, -0.2) is 0 Å². The maximum atomic E-state index is 12.3. The van der Waals surface area contributed by atoms with Gasteiger partial charge in [-0.3, -0.25) is 14.9 Å². The molecule has 1 N–H and O–H groups in total. The van der Waals surface area contributed by atoms with E-state index in [1.165, 1.54) is 36.0 Å². The molecule has 116 valence electrons. The van der Waals surface area contributed by atoms with Crippen LogP contribution in [0.3, 0.4) is 0 Å². The lowest BCUT2D eigenvalue weighted by molar-refractivity contribution is -0.384. The molecule has 1 aromatic carbocycles. The number of hydrogen-bond acceptors (Lipinski definition) is 6. The number of aryl methyl sites for hydroxylation is 1. The SMILES string of the molecule is CCC(Sc1nncn1C)C(=O)Nc1ccc([N+](=O)[O-])cc1. The second-order valence-corrected chi connectivity index (χ2v) is 5.70. The van der Waals surface area contributed by atoms with E-state index in [1.54, 1.807) is 10.9 Å². The first-order valence-electron chi connectivity index (χ1n) is 6.57. The number of benzene rings is 1. The number of carbonyl (C=O) groups is 1. The van der Waals surface area contributed by atoms with Crippen LogP contribution in [-0.4, -0.2) is 30.8 Å². The quantitative estimate of drug-likeness (QED) is 0.497. The zero-order valence-electron chi connectivity index (χ0n) is 12.1. The van der Waals surface area contributed by atoms with Crippen LogP contribution in [-0.2, 0) is 11.8 Å². The number of amides is 1. The van der Waals surface area contributed by atoms with Crippen LogP contribution in [0, 0.1) is 10.1 Å². The molecule has 2 aromatic rings. The van der Waals surface area contributed by atoms with Crippen molar-refractivity contribution in [2.24, 2.45) is 7.05 Å². The molecule has 1 aromatic heterocycles. The number of nitrogens with zero attached hydrogens (tertiary/aromatic N) is 4. The van der Waals surface area contributed by atoms with Gasteiger partial charge in [-0.05, 0) is 18.6 Å². The number of thioether (sulfide) groups is 1. The van der Waals surface area contributed by atoms with Crippen molar-refractivity contribution in [2.45, 2.75) is 23.8 Å². The number of hydrogen-bond donors (Lipinski definition) is 1. The first-order chi connectivity index (χ1) is 10.5. The van der Waals surface area contributed by atoms with E-state index in [1.807, 2.05) is 14.0 Å². The number of nitrogens with one attached hydrogen (secondary N) is 1. The molecule has 9 heteroatoms. The van der Waals surface area contributed by atoms with Crippen molar-refractivity contribution < 1.29 is 9.72 Å². The lowest BCUT2D eigenvalue weighted by Gasteiger charge is -2.13. The van der Waals surface area contributed by atoms with E-state index in [9.17, 15) is 14.9 Å². The first kappa shape index (κ1) is 16.0. The summed E-state index contributed by atoms with van der Waals surface area (Å²) in [7, 11) is 1.81. The fourth-order valence-electron chi connectivity index (χ4n) is 1.72. The van der Waals surface area contributed by atoms with Crippen LogP contribution in [0.2, 0.25) is 0 Å². The molecule has 0 aliphatic rings. The van der Waals surface area contributed by atoms with Crippen molar-refractivity contribution in [3.8, 4) is 0 Å². The molecule has 0 saturated carbocycles. The zero-order chi connectivity index (χ0) is 16.1. The summed E-state index contributed by atoms with van der Waals surface area (Å²) >= 11 is 1.33. The Morgan fingerprint density at radius 1 is 1.45 bits per heavy atom. The summed E-state index contributed by atoms with van der Waals surface area (Å²) in [5, 5.41) is 21.4. The second kappa shape index (κ2) is 7.03. The van der Waals surface area contributed by atoms with E-state index >= 15 is 0 Å². The van der Waals surface area contributed by atoms with Crippen molar-refractivity contribution in [3.63, 3.8) is 0 Å². The maximum absolute atomic E-state index is 12.3. The number of nitro groups is 1. The monoisotopic (exact) mass is 321 g/mol. The van der Waals surface area contributed by atoms with Crippen molar-refractivity contribution in [1.29, 1.82) is 0 Å². The van der Waals surface area contributed by atoms with E-state index in [2.05, 4.69) is 15.5 Å². The van der Waals surface area contributed by atoms with Crippen molar-refractivity contribution in [2.75, 3.05) is 5.32 Å². The maximum Gasteiger partial charge on any atom is 0.269 e. The minimum absolute atomic E-state index is 0.0153. The van der Waals surface area contributed by atoms with Gasteiger partial charge in [0, 0.05) is 24.9 Å². The van der Waals surface area contributed by atoms with Crippen LogP contribution >= 0.6 is 11.8 Å². The van der Waals surface area contributed by atoms with Gasteiger partial charge in [-0.2, -0.15) is 0 Å². The standard InChI is InChI=1S/C13H15N5O3S/c1-3-11(22-13-16-14-8-17(13)2)12(19)15-9-4-6-10(7-5-9)18(20)21/h4-8,11H,3H2,1-2H3,(H,15,19). The van der Waals surface area contributed by atoms with Crippen LogP contribution in [0.1, 0.15) is 13.3 Å². The summed E-state index contributed by atoms with van der Waals surface area (Å²) in [6, 6.07) is 5.73. The Balaban J connectivity index is 2.02. The van der Waals surface area contributed by atoms with E-state index in [0.717, 1.165) is 0 Å². The van der Waals surface area contributed by atoms with Crippen LogP contribution in [0.15, 0.2) is 35.7 Å². The summed E-state index contributed by atoms with van der Waals surface area (Å²) < 4.78 is 1.74. The minimum atomic E-state index is -0.482. The van der Waals surface area contributed by atoms with E-state index in [-0.39, 0.29) is 16.8 Å². The predicted molar refractivity (Wildman–Crippen MR) is 82.7 cm³/mol. The van der Waals surface area contributed by atoms with Gasteiger partial charge in [-0.15, -0.1) is 10.2 Å². The number of anilines is 1. The third-order valence-electron chi connectivity index (χ3n) is 2.93. The Hall–Kier alpha value is -2.42. The average Bonchev–Trinajstić information content (AvgIpc) is 2.90. The smallest absolute Gasteiger partial charge is 0.269 e. The molecule has 0 bridgehead atoms. The summed E-state index contributed by atoms with van der Waals surface area (Å²) in [5.41, 5.74) is 0.506. The summed E-state index contributed by atoms with van der Waals surface area (Å²) in [4.78, 5) is 22.4. The van der Waals surface area contributed by atoms with Crippen LogP contribution < -0.4 is 5.32 Å². The Morgan fingerprint density at radius 3 is 2.64 bits per heavy atom. The Labute approximate surface area is 131 Å². The highest BCUT2D eigenvalue weighted by molar-refractivity contribution is 8.00. The molecular formula is C13H15N5O3S. The second-order valence-electron chi connectivity index (χ2n) is 4.53. The van der Waals surface area contributed by atoms with E-state index in [0.29, 0.717) is 17.3 Å². The highest BCUT2D eigenvalue weighted by Gasteiger charge is 2.20. The first-order valence-corrected chi connectivity index (χ1v) is 7.45. The molecule has 0 radical (unpaired) electrons. The van der Waals surface area contributed by atoms with Gasteiger partial charge >= 0.3 is 0 Å². The van der Waals surface area contributed by atoms with Gasteiger partial charge in [-0.1, -0.05) is 18.7 Å².